The van der Waals surface area contributed by atoms with Crippen LogP contribution in [-0.2, 0) is 4.74 Å². The van der Waals surface area contributed by atoms with Crippen molar-refractivity contribution >= 4 is 5.95 Å². The topological polar surface area (TPSA) is 71.0 Å². The molecule has 0 amide bonds. The Morgan fingerprint density at radius 1 is 1.32 bits per heavy atom. The van der Waals surface area contributed by atoms with E-state index in [1.54, 1.807) is 19.4 Å². The molecule has 0 bridgehead atoms. The molecule has 0 aromatic carbocycles. The van der Waals surface area contributed by atoms with Gasteiger partial charge in [-0.15, -0.1) is 0 Å². The van der Waals surface area contributed by atoms with Gasteiger partial charge in [0.2, 0.25) is 11.8 Å². The number of ether oxygens (including phenoxy) is 2. The molecule has 0 radical (unpaired) electrons. The zero-order chi connectivity index (χ0) is 15.4. The van der Waals surface area contributed by atoms with Crippen LogP contribution in [0.4, 0.5) is 5.95 Å². The summed E-state index contributed by atoms with van der Waals surface area (Å²) in [6.45, 7) is 6.42. The molecule has 2 fully saturated rings. The van der Waals surface area contributed by atoms with Gasteiger partial charge in [-0.25, -0.2) is 4.98 Å². The van der Waals surface area contributed by atoms with Crippen molar-refractivity contribution in [2.45, 2.75) is 0 Å². The number of aromatic nitrogens is 2. The first-order valence-electron chi connectivity index (χ1n) is 7.83. The second-order valence-corrected chi connectivity index (χ2v) is 5.92. The van der Waals surface area contributed by atoms with E-state index < -0.39 is 0 Å². The van der Waals surface area contributed by atoms with Crippen molar-refractivity contribution in [1.82, 2.24) is 14.9 Å². The normalized spacial score (nSPS) is 26.4. The zero-order valence-electron chi connectivity index (χ0n) is 13.0. The van der Waals surface area contributed by atoms with Crippen LogP contribution in [0.5, 0.6) is 5.88 Å². The van der Waals surface area contributed by atoms with E-state index in [2.05, 4.69) is 19.8 Å². The van der Waals surface area contributed by atoms with Crippen molar-refractivity contribution in [3.05, 3.63) is 12.3 Å². The van der Waals surface area contributed by atoms with Crippen LogP contribution < -0.4 is 9.64 Å². The number of morpholine rings is 1. The van der Waals surface area contributed by atoms with Crippen LogP contribution in [0.1, 0.15) is 0 Å². The standard InChI is InChI=1S/C15H24N4O3/c1-21-14-2-3-16-15(17-14)19-9-12(13(10-19)11-20)8-18-4-6-22-7-5-18/h2-3,12-13,20H,4-11H2,1H3. The van der Waals surface area contributed by atoms with Crippen LogP contribution in [0, 0.1) is 11.8 Å². The highest BCUT2D eigenvalue weighted by atomic mass is 16.5. The minimum absolute atomic E-state index is 0.204. The fourth-order valence-corrected chi connectivity index (χ4v) is 3.23. The van der Waals surface area contributed by atoms with Gasteiger partial charge in [0.1, 0.15) is 0 Å². The lowest BCUT2D eigenvalue weighted by molar-refractivity contribution is 0.0268. The van der Waals surface area contributed by atoms with E-state index in [1.807, 2.05) is 0 Å². The Morgan fingerprint density at radius 2 is 2.09 bits per heavy atom. The Kier molecular flexibility index (Phi) is 5.07. The quantitative estimate of drug-likeness (QED) is 0.812. The molecule has 22 heavy (non-hydrogen) atoms. The summed E-state index contributed by atoms with van der Waals surface area (Å²) in [5.41, 5.74) is 0. The van der Waals surface area contributed by atoms with Crippen LogP contribution in [0.15, 0.2) is 12.3 Å². The number of hydrogen-bond acceptors (Lipinski definition) is 7. The summed E-state index contributed by atoms with van der Waals surface area (Å²) in [7, 11) is 1.61. The second kappa shape index (κ2) is 7.21. The number of rotatable bonds is 5. The maximum absolute atomic E-state index is 9.70. The average molecular weight is 308 g/mol. The van der Waals surface area contributed by atoms with Crippen molar-refractivity contribution in [2.75, 3.05) is 64.6 Å². The summed E-state index contributed by atoms with van der Waals surface area (Å²) in [5.74, 6) is 1.94. The molecule has 122 valence electrons. The highest BCUT2D eigenvalue weighted by Gasteiger charge is 2.35. The first-order chi connectivity index (χ1) is 10.8. The molecular weight excluding hydrogens is 284 g/mol. The van der Waals surface area contributed by atoms with E-state index in [-0.39, 0.29) is 12.5 Å². The predicted molar refractivity (Wildman–Crippen MR) is 82.1 cm³/mol. The minimum Gasteiger partial charge on any atom is -0.481 e. The third-order valence-corrected chi connectivity index (χ3v) is 4.52. The van der Waals surface area contributed by atoms with Crippen molar-refractivity contribution in [3.63, 3.8) is 0 Å². The van der Waals surface area contributed by atoms with Crippen LogP contribution in [0.2, 0.25) is 0 Å². The molecule has 1 aromatic heterocycles. The average Bonchev–Trinajstić information content (AvgIpc) is 2.99. The van der Waals surface area contributed by atoms with E-state index in [0.717, 1.165) is 45.9 Å². The summed E-state index contributed by atoms with van der Waals surface area (Å²) in [4.78, 5) is 13.3. The van der Waals surface area contributed by atoms with Gasteiger partial charge >= 0.3 is 0 Å². The van der Waals surface area contributed by atoms with E-state index in [0.29, 0.717) is 17.7 Å². The fraction of sp³-hybridized carbons (Fsp3) is 0.733. The second-order valence-electron chi connectivity index (χ2n) is 5.92. The molecule has 3 rings (SSSR count). The third-order valence-electron chi connectivity index (χ3n) is 4.52. The lowest BCUT2D eigenvalue weighted by atomic mass is 9.96. The minimum atomic E-state index is 0.204. The number of aliphatic hydroxyl groups excluding tert-OH is 1. The summed E-state index contributed by atoms with van der Waals surface area (Å²) in [6, 6.07) is 1.74. The van der Waals surface area contributed by atoms with Gasteiger partial charge in [-0.3, -0.25) is 4.90 Å². The zero-order valence-corrected chi connectivity index (χ0v) is 13.0. The number of aliphatic hydroxyl groups is 1. The van der Waals surface area contributed by atoms with E-state index in [1.165, 1.54) is 0 Å². The molecule has 7 heteroatoms. The fourth-order valence-electron chi connectivity index (χ4n) is 3.23. The van der Waals surface area contributed by atoms with Crippen molar-refractivity contribution < 1.29 is 14.6 Å². The van der Waals surface area contributed by atoms with Crippen LogP contribution >= 0.6 is 0 Å². The summed E-state index contributed by atoms with van der Waals surface area (Å²) in [5, 5.41) is 9.70. The summed E-state index contributed by atoms with van der Waals surface area (Å²) < 4.78 is 10.6. The number of anilines is 1. The van der Waals surface area contributed by atoms with Crippen LogP contribution in [-0.4, -0.2) is 79.6 Å². The molecule has 7 nitrogen and oxygen atoms in total. The van der Waals surface area contributed by atoms with E-state index in [9.17, 15) is 5.11 Å². The monoisotopic (exact) mass is 308 g/mol. The van der Waals surface area contributed by atoms with Gasteiger partial charge < -0.3 is 19.5 Å². The van der Waals surface area contributed by atoms with Crippen LogP contribution in [0.25, 0.3) is 0 Å². The Bertz CT molecular complexity index is 482. The Morgan fingerprint density at radius 3 is 2.82 bits per heavy atom. The highest BCUT2D eigenvalue weighted by molar-refractivity contribution is 5.34. The molecule has 0 saturated carbocycles. The molecule has 2 atom stereocenters. The molecule has 2 unspecified atom stereocenters. The molecule has 0 spiro atoms. The van der Waals surface area contributed by atoms with Gasteiger partial charge in [-0.2, -0.15) is 4.98 Å². The molecule has 2 aliphatic rings. The predicted octanol–water partition coefficient (Wildman–Crippen LogP) is -0.138. The first-order valence-corrected chi connectivity index (χ1v) is 7.83. The van der Waals surface area contributed by atoms with Crippen LogP contribution in [0.3, 0.4) is 0 Å². The molecule has 0 aliphatic carbocycles. The summed E-state index contributed by atoms with van der Waals surface area (Å²) >= 11 is 0. The first kappa shape index (κ1) is 15.5. The Labute approximate surface area is 130 Å². The van der Waals surface area contributed by atoms with Crippen molar-refractivity contribution in [1.29, 1.82) is 0 Å². The Balaban J connectivity index is 1.65. The highest BCUT2D eigenvalue weighted by Crippen LogP contribution is 2.27. The van der Waals surface area contributed by atoms with E-state index >= 15 is 0 Å². The SMILES string of the molecule is COc1ccnc(N2CC(CO)C(CN3CCOCC3)C2)n1. The maximum Gasteiger partial charge on any atom is 0.228 e. The molecule has 1 N–H and O–H groups in total. The molecule has 3 heterocycles. The molecule has 2 aliphatic heterocycles. The smallest absolute Gasteiger partial charge is 0.228 e. The molecule has 1 aromatic rings. The molecule has 2 saturated heterocycles. The van der Waals surface area contributed by atoms with Crippen molar-refractivity contribution in [3.8, 4) is 5.88 Å². The van der Waals surface area contributed by atoms with Gasteiger partial charge in [0.15, 0.2) is 0 Å². The third kappa shape index (κ3) is 3.48. The summed E-state index contributed by atoms with van der Waals surface area (Å²) in [6.07, 6.45) is 1.71. The van der Waals surface area contributed by atoms with Crippen molar-refractivity contribution in [2.24, 2.45) is 11.8 Å². The number of nitrogens with zero attached hydrogens (tertiary/aromatic N) is 4. The number of hydrogen-bond donors (Lipinski definition) is 1. The van der Waals surface area contributed by atoms with Gasteiger partial charge in [0.05, 0.1) is 20.3 Å². The maximum atomic E-state index is 9.70. The lowest BCUT2D eigenvalue weighted by Crippen LogP contribution is -2.41. The molecular formula is C15H24N4O3. The number of methoxy groups -OCH3 is 1. The van der Waals surface area contributed by atoms with E-state index in [4.69, 9.17) is 9.47 Å². The van der Waals surface area contributed by atoms with Gasteiger partial charge in [-0.1, -0.05) is 0 Å². The van der Waals surface area contributed by atoms with Gasteiger partial charge in [0, 0.05) is 57.5 Å². The van der Waals surface area contributed by atoms with Gasteiger partial charge in [0.25, 0.3) is 0 Å². The largest absolute Gasteiger partial charge is 0.481 e. The Hall–Kier alpha value is -1.44. The van der Waals surface area contributed by atoms with Gasteiger partial charge in [-0.05, 0) is 5.92 Å². The lowest BCUT2D eigenvalue weighted by Gasteiger charge is -2.30.